The van der Waals surface area contributed by atoms with Crippen molar-refractivity contribution in [2.24, 2.45) is 0 Å². The van der Waals surface area contributed by atoms with Crippen molar-refractivity contribution in [3.63, 3.8) is 0 Å². The maximum Gasteiger partial charge on any atom is 0.324 e. The van der Waals surface area contributed by atoms with Crippen LogP contribution in [0.25, 0.3) is 15.9 Å². The predicted octanol–water partition coefficient (Wildman–Crippen LogP) is 5.11. The van der Waals surface area contributed by atoms with Crippen LogP contribution in [0, 0.1) is 0 Å². The zero-order chi connectivity index (χ0) is 21.9. The molecule has 32 heavy (non-hydrogen) atoms. The third-order valence-electron chi connectivity index (χ3n) is 5.70. The van der Waals surface area contributed by atoms with Crippen molar-refractivity contribution in [2.75, 3.05) is 17.2 Å². The Kier molecular flexibility index (Phi) is 5.87. The summed E-state index contributed by atoms with van der Waals surface area (Å²) in [7, 11) is 0. The van der Waals surface area contributed by atoms with Gasteiger partial charge >= 0.3 is 6.03 Å². The third kappa shape index (κ3) is 4.37. The molecule has 0 saturated carbocycles. The number of amides is 2. The summed E-state index contributed by atoms with van der Waals surface area (Å²) in [5, 5.41) is 14.2. The lowest BCUT2D eigenvalue weighted by Gasteiger charge is -2.18. The van der Waals surface area contributed by atoms with Crippen LogP contribution in [0.1, 0.15) is 36.6 Å². The molecule has 0 atom stereocenters. The van der Waals surface area contributed by atoms with Gasteiger partial charge in [-0.2, -0.15) is 5.10 Å². The van der Waals surface area contributed by atoms with Crippen LogP contribution >= 0.6 is 11.3 Å². The second-order valence-electron chi connectivity index (χ2n) is 8.03. The number of urea groups is 1. The Morgan fingerprint density at radius 1 is 1.16 bits per heavy atom. The van der Waals surface area contributed by atoms with Gasteiger partial charge in [-0.25, -0.2) is 14.5 Å². The van der Waals surface area contributed by atoms with Crippen LogP contribution in [0.3, 0.4) is 0 Å². The van der Waals surface area contributed by atoms with Gasteiger partial charge in [-0.15, -0.1) is 11.3 Å². The maximum absolute atomic E-state index is 12.8. The number of rotatable bonds is 6. The van der Waals surface area contributed by atoms with Gasteiger partial charge in [-0.3, -0.25) is 5.32 Å². The molecule has 0 bridgehead atoms. The smallest absolute Gasteiger partial charge is 0.312 e. The number of aryl methyl sites for hydroxylation is 1. The highest BCUT2D eigenvalue weighted by molar-refractivity contribution is 7.16. The van der Waals surface area contributed by atoms with E-state index in [9.17, 15) is 4.79 Å². The van der Waals surface area contributed by atoms with Crippen LogP contribution in [-0.2, 0) is 19.4 Å². The first-order chi connectivity index (χ1) is 15.7. The predicted molar refractivity (Wildman–Crippen MR) is 130 cm³/mol. The fourth-order valence-electron chi connectivity index (χ4n) is 4.01. The molecule has 0 unspecified atom stereocenters. The van der Waals surface area contributed by atoms with Crippen molar-refractivity contribution in [1.29, 1.82) is 0 Å². The lowest BCUT2D eigenvalue weighted by Crippen LogP contribution is -2.24. The van der Waals surface area contributed by atoms with Gasteiger partial charge in [-0.05, 0) is 67.3 Å². The summed E-state index contributed by atoms with van der Waals surface area (Å²) in [6.07, 6.45) is 4.08. The maximum atomic E-state index is 12.8. The average molecular weight is 447 g/mol. The second-order valence-corrected chi connectivity index (χ2v) is 8.92. The summed E-state index contributed by atoms with van der Waals surface area (Å²) in [5.41, 5.74) is 8.06. The van der Waals surface area contributed by atoms with Crippen molar-refractivity contribution >= 4 is 39.1 Å². The minimum atomic E-state index is -0.295. The summed E-state index contributed by atoms with van der Waals surface area (Å²) < 4.78 is 2.88. The van der Waals surface area contributed by atoms with E-state index in [1.54, 1.807) is 16.8 Å². The molecule has 5 rings (SSSR count). The Bertz CT molecular complexity index is 1260. The lowest BCUT2D eigenvalue weighted by molar-refractivity contribution is 0.262. The molecule has 0 aliphatic carbocycles. The zero-order valence-corrected chi connectivity index (χ0v) is 18.8. The summed E-state index contributed by atoms with van der Waals surface area (Å²) in [6, 6.07) is 13.8. The number of carbonyl (C=O) groups is 1. The molecule has 8 heteroatoms. The van der Waals surface area contributed by atoms with Crippen LogP contribution in [0.2, 0.25) is 0 Å². The minimum absolute atomic E-state index is 0.295. The van der Waals surface area contributed by atoms with Crippen molar-refractivity contribution in [1.82, 2.24) is 20.1 Å². The zero-order valence-electron chi connectivity index (χ0n) is 18.0. The summed E-state index contributed by atoms with van der Waals surface area (Å²) >= 11 is 1.55. The Labute approximate surface area is 190 Å². The normalized spacial score (nSPS) is 13.2. The molecular weight excluding hydrogens is 420 g/mol. The highest BCUT2D eigenvalue weighted by atomic mass is 32.1. The topological polar surface area (TPSA) is 83.9 Å². The Balaban J connectivity index is 1.40. The quantitative estimate of drug-likeness (QED) is 0.384. The van der Waals surface area contributed by atoms with E-state index in [0.717, 1.165) is 66.1 Å². The molecule has 0 saturated heterocycles. The number of benzene rings is 2. The number of nitrogens with zero attached hydrogens (tertiary/aromatic N) is 3. The number of carbonyl (C=O) groups excluding carboxylic acids is 1. The Morgan fingerprint density at radius 2 is 2.09 bits per heavy atom. The number of aromatic nitrogens is 3. The molecule has 3 N–H and O–H groups in total. The highest BCUT2D eigenvalue weighted by Crippen LogP contribution is 2.24. The van der Waals surface area contributed by atoms with Gasteiger partial charge in [0.2, 0.25) is 0 Å². The molecule has 164 valence electrons. The number of anilines is 2. The fourth-order valence-corrected chi connectivity index (χ4v) is 4.72. The Morgan fingerprint density at radius 3 is 3.00 bits per heavy atom. The third-order valence-corrected chi connectivity index (χ3v) is 6.49. The van der Waals surface area contributed by atoms with Crippen LogP contribution in [0.4, 0.5) is 16.3 Å². The van der Waals surface area contributed by atoms with E-state index < -0.39 is 0 Å². The SMILES string of the molecule is CCCCc1cc(NC(=O)Nc2ccc3ncsc3c2)n(-c2ccc3c(c2)CNCC3)n1. The number of unbranched alkanes of at least 4 members (excludes halogenated alkanes) is 1. The molecule has 2 amide bonds. The molecule has 1 aliphatic rings. The van der Waals surface area contributed by atoms with E-state index in [2.05, 4.69) is 46.1 Å². The molecular formula is C24H26N6OS. The molecule has 1 aliphatic heterocycles. The second kappa shape index (κ2) is 9.10. The standard InChI is InChI=1S/C24H26N6OS/c1-2-3-4-19-13-23(28-24(31)27-18-6-8-21-22(12-18)32-15-26-21)30(29-19)20-7-5-16-9-10-25-14-17(16)11-20/h5-8,11-13,15,25H,2-4,9-10,14H2,1H3,(H2,27,28,31). The first-order valence-corrected chi connectivity index (χ1v) is 11.9. The monoisotopic (exact) mass is 446 g/mol. The van der Waals surface area contributed by atoms with Crippen LogP contribution in [0.15, 0.2) is 48.0 Å². The summed E-state index contributed by atoms with van der Waals surface area (Å²) in [5.74, 6) is 0.663. The molecule has 4 aromatic rings. The van der Waals surface area contributed by atoms with E-state index in [1.807, 2.05) is 28.9 Å². The van der Waals surface area contributed by atoms with Gasteiger partial charge < -0.3 is 10.6 Å². The van der Waals surface area contributed by atoms with Gasteiger partial charge in [-0.1, -0.05) is 19.4 Å². The minimum Gasteiger partial charge on any atom is -0.312 e. The number of hydrogen-bond donors (Lipinski definition) is 3. The van der Waals surface area contributed by atoms with E-state index in [1.165, 1.54) is 11.1 Å². The summed E-state index contributed by atoms with van der Waals surface area (Å²) in [6.45, 7) is 4.03. The Hall–Kier alpha value is -3.23. The van der Waals surface area contributed by atoms with Gasteiger partial charge in [0, 0.05) is 18.3 Å². The van der Waals surface area contributed by atoms with Crippen molar-refractivity contribution in [3.8, 4) is 5.69 Å². The molecule has 0 radical (unpaired) electrons. The average Bonchev–Trinajstić information content (AvgIpc) is 3.43. The first kappa shape index (κ1) is 20.7. The number of thiazole rings is 1. The van der Waals surface area contributed by atoms with Gasteiger partial charge in [0.25, 0.3) is 0 Å². The van der Waals surface area contributed by atoms with Crippen LogP contribution in [-0.4, -0.2) is 27.3 Å². The molecule has 0 spiro atoms. The van der Waals surface area contributed by atoms with Crippen LogP contribution in [0.5, 0.6) is 0 Å². The van der Waals surface area contributed by atoms with Gasteiger partial charge in [0.05, 0.1) is 27.1 Å². The van der Waals surface area contributed by atoms with Crippen molar-refractivity contribution in [3.05, 3.63) is 64.8 Å². The largest absolute Gasteiger partial charge is 0.324 e. The molecule has 3 heterocycles. The molecule has 0 fully saturated rings. The fraction of sp³-hybridized carbons (Fsp3) is 0.292. The van der Waals surface area contributed by atoms with E-state index in [-0.39, 0.29) is 6.03 Å². The van der Waals surface area contributed by atoms with Gasteiger partial charge in [0.15, 0.2) is 0 Å². The number of hydrogen-bond acceptors (Lipinski definition) is 5. The highest BCUT2D eigenvalue weighted by Gasteiger charge is 2.15. The number of fused-ring (bicyclic) bond motifs is 2. The lowest BCUT2D eigenvalue weighted by atomic mass is 10.0. The molecule has 2 aromatic heterocycles. The molecule has 2 aromatic carbocycles. The van der Waals surface area contributed by atoms with Crippen LogP contribution < -0.4 is 16.0 Å². The van der Waals surface area contributed by atoms with Crippen molar-refractivity contribution in [2.45, 2.75) is 39.2 Å². The van der Waals surface area contributed by atoms with E-state index >= 15 is 0 Å². The number of nitrogens with one attached hydrogen (secondary N) is 3. The van der Waals surface area contributed by atoms with E-state index in [0.29, 0.717) is 5.82 Å². The van der Waals surface area contributed by atoms with Crippen molar-refractivity contribution < 1.29 is 4.79 Å². The summed E-state index contributed by atoms with van der Waals surface area (Å²) in [4.78, 5) is 17.1. The van der Waals surface area contributed by atoms with E-state index in [4.69, 9.17) is 5.10 Å². The first-order valence-electron chi connectivity index (χ1n) is 11.0. The molecule has 7 nitrogen and oxygen atoms in total. The van der Waals surface area contributed by atoms with Gasteiger partial charge in [0.1, 0.15) is 5.82 Å².